The van der Waals surface area contributed by atoms with E-state index >= 15 is 0 Å². The van der Waals surface area contributed by atoms with Crippen LogP contribution >= 0.6 is 27.7 Å². The average Bonchev–Trinajstić information content (AvgIpc) is 2.57. The van der Waals surface area contributed by atoms with Gasteiger partial charge in [-0.2, -0.15) is 5.10 Å². The first kappa shape index (κ1) is 13.5. The van der Waals surface area contributed by atoms with E-state index < -0.39 is 0 Å². The van der Waals surface area contributed by atoms with Gasteiger partial charge in [-0.25, -0.2) is 0 Å². The number of nitrogens with zero attached hydrogens (tertiary/aromatic N) is 2. The molecule has 18 heavy (non-hydrogen) atoms. The Morgan fingerprint density at radius 3 is 2.67 bits per heavy atom. The number of nitrogen functional groups attached to an aromatic ring is 1. The van der Waals surface area contributed by atoms with Crippen molar-refractivity contribution >= 4 is 33.4 Å². The Labute approximate surface area is 120 Å². The number of benzene rings is 1. The van der Waals surface area contributed by atoms with Gasteiger partial charge < -0.3 is 5.73 Å². The highest BCUT2D eigenvalue weighted by Crippen LogP contribution is 2.36. The standard InChI is InChI=1S/C13H16BrN3S/c1-8(2)12-11(15)13(17(3)16-12)18-10-6-4-5-9(14)7-10/h4-8H,15H2,1-3H3. The van der Waals surface area contributed by atoms with Gasteiger partial charge in [-0.3, -0.25) is 4.68 Å². The Morgan fingerprint density at radius 2 is 2.11 bits per heavy atom. The number of hydrogen-bond acceptors (Lipinski definition) is 3. The van der Waals surface area contributed by atoms with Gasteiger partial charge in [-0.15, -0.1) is 0 Å². The number of nitrogens with two attached hydrogens (primary N) is 1. The molecule has 0 radical (unpaired) electrons. The van der Waals surface area contributed by atoms with Crippen molar-refractivity contribution in [3.8, 4) is 0 Å². The summed E-state index contributed by atoms with van der Waals surface area (Å²) >= 11 is 5.11. The molecule has 0 aliphatic heterocycles. The van der Waals surface area contributed by atoms with Gasteiger partial charge in [0.1, 0.15) is 5.03 Å². The summed E-state index contributed by atoms with van der Waals surface area (Å²) in [4.78, 5) is 1.15. The molecular formula is C13H16BrN3S. The predicted octanol–water partition coefficient (Wildman–Crippen LogP) is 4.04. The zero-order valence-electron chi connectivity index (χ0n) is 10.6. The van der Waals surface area contributed by atoms with E-state index in [0.717, 1.165) is 25.8 Å². The van der Waals surface area contributed by atoms with Gasteiger partial charge in [0.2, 0.25) is 0 Å². The van der Waals surface area contributed by atoms with Gasteiger partial charge in [-0.1, -0.05) is 47.6 Å². The zero-order chi connectivity index (χ0) is 13.3. The third-order valence-electron chi connectivity index (χ3n) is 2.62. The second-order valence-electron chi connectivity index (χ2n) is 4.44. The highest BCUT2D eigenvalue weighted by molar-refractivity contribution is 9.10. The normalized spacial score (nSPS) is 11.2. The number of halogens is 1. The smallest absolute Gasteiger partial charge is 0.122 e. The molecule has 0 aliphatic rings. The number of rotatable bonds is 3. The molecule has 0 saturated carbocycles. The summed E-state index contributed by atoms with van der Waals surface area (Å²) < 4.78 is 2.92. The molecule has 0 atom stereocenters. The lowest BCUT2D eigenvalue weighted by Gasteiger charge is -2.04. The lowest BCUT2D eigenvalue weighted by atomic mass is 10.1. The van der Waals surface area contributed by atoms with E-state index in [2.05, 4.69) is 47.0 Å². The van der Waals surface area contributed by atoms with E-state index in [1.54, 1.807) is 11.8 Å². The fourth-order valence-corrected chi connectivity index (χ4v) is 3.23. The highest BCUT2D eigenvalue weighted by atomic mass is 79.9. The minimum atomic E-state index is 0.341. The number of aromatic nitrogens is 2. The van der Waals surface area contributed by atoms with Crippen LogP contribution in [-0.4, -0.2) is 9.78 Å². The van der Waals surface area contributed by atoms with Crippen molar-refractivity contribution in [2.75, 3.05) is 5.73 Å². The van der Waals surface area contributed by atoms with Crippen molar-refractivity contribution in [3.63, 3.8) is 0 Å². The highest BCUT2D eigenvalue weighted by Gasteiger charge is 2.16. The van der Waals surface area contributed by atoms with Crippen LogP contribution < -0.4 is 5.73 Å². The summed E-state index contributed by atoms with van der Waals surface area (Å²) in [5.74, 6) is 0.341. The Balaban J connectivity index is 2.35. The molecule has 0 amide bonds. The van der Waals surface area contributed by atoms with Gasteiger partial charge >= 0.3 is 0 Å². The van der Waals surface area contributed by atoms with Crippen LogP contribution in [0.2, 0.25) is 0 Å². The molecule has 1 aromatic carbocycles. The molecule has 96 valence electrons. The molecule has 0 aliphatic carbocycles. The summed E-state index contributed by atoms with van der Waals surface area (Å²) in [6, 6.07) is 8.17. The first-order chi connectivity index (χ1) is 8.49. The van der Waals surface area contributed by atoms with Crippen molar-refractivity contribution in [2.24, 2.45) is 7.05 Å². The molecule has 0 fully saturated rings. The van der Waals surface area contributed by atoms with E-state index in [9.17, 15) is 0 Å². The molecule has 1 aromatic heterocycles. The molecule has 5 heteroatoms. The van der Waals surface area contributed by atoms with Crippen molar-refractivity contribution in [1.82, 2.24) is 9.78 Å². The fourth-order valence-electron chi connectivity index (χ4n) is 1.73. The molecule has 0 spiro atoms. The van der Waals surface area contributed by atoms with Crippen molar-refractivity contribution in [3.05, 3.63) is 34.4 Å². The van der Waals surface area contributed by atoms with Crippen LogP contribution in [0.5, 0.6) is 0 Å². The first-order valence-electron chi connectivity index (χ1n) is 5.75. The Morgan fingerprint density at radius 1 is 1.39 bits per heavy atom. The molecule has 3 nitrogen and oxygen atoms in total. The second-order valence-corrected chi connectivity index (χ2v) is 6.42. The Bertz CT molecular complexity index is 563. The molecule has 1 heterocycles. The largest absolute Gasteiger partial charge is 0.395 e. The molecule has 2 rings (SSSR count). The topological polar surface area (TPSA) is 43.8 Å². The summed E-state index contributed by atoms with van der Waals surface area (Å²) in [7, 11) is 1.93. The molecular weight excluding hydrogens is 310 g/mol. The van der Waals surface area contributed by atoms with Crippen LogP contribution in [0.15, 0.2) is 38.7 Å². The van der Waals surface area contributed by atoms with Crippen LogP contribution in [0.1, 0.15) is 25.5 Å². The fraction of sp³-hybridized carbons (Fsp3) is 0.308. The quantitative estimate of drug-likeness (QED) is 0.926. The maximum absolute atomic E-state index is 6.18. The van der Waals surface area contributed by atoms with E-state index in [4.69, 9.17) is 5.73 Å². The van der Waals surface area contributed by atoms with Crippen LogP contribution in [0.25, 0.3) is 0 Å². The minimum absolute atomic E-state index is 0.341. The van der Waals surface area contributed by atoms with Crippen LogP contribution in [0.3, 0.4) is 0 Å². The molecule has 0 saturated heterocycles. The Hall–Kier alpha value is -0.940. The maximum Gasteiger partial charge on any atom is 0.122 e. The molecule has 2 N–H and O–H groups in total. The van der Waals surface area contributed by atoms with Crippen molar-refractivity contribution in [2.45, 2.75) is 29.7 Å². The summed E-state index contributed by atoms with van der Waals surface area (Å²) in [5.41, 5.74) is 7.93. The lowest BCUT2D eigenvalue weighted by Crippen LogP contribution is -1.94. The van der Waals surface area contributed by atoms with E-state index in [1.807, 2.05) is 23.9 Å². The van der Waals surface area contributed by atoms with Crippen LogP contribution in [0, 0.1) is 0 Å². The second kappa shape index (κ2) is 5.36. The summed E-state index contributed by atoms with van der Waals surface area (Å²) in [5, 5.41) is 5.48. The van der Waals surface area contributed by atoms with E-state index in [0.29, 0.717) is 5.92 Å². The zero-order valence-corrected chi connectivity index (χ0v) is 13.0. The maximum atomic E-state index is 6.18. The lowest BCUT2D eigenvalue weighted by molar-refractivity contribution is 0.671. The van der Waals surface area contributed by atoms with Gasteiger partial charge in [0.05, 0.1) is 11.4 Å². The minimum Gasteiger partial charge on any atom is -0.395 e. The molecule has 2 aromatic rings. The van der Waals surface area contributed by atoms with E-state index in [1.165, 1.54) is 0 Å². The first-order valence-corrected chi connectivity index (χ1v) is 7.35. The SMILES string of the molecule is CC(C)c1nn(C)c(Sc2cccc(Br)c2)c1N. The monoisotopic (exact) mass is 325 g/mol. The van der Waals surface area contributed by atoms with Crippen LogP contribution in [-0.2, 0) is 7.05 Å². The third-order valence-corrected chi connectivity index (χ3v) is 4.28. The number of hydrogen-bond donors (Lipinski definition) is 1. The van der Waals surface area contributed by atoms with Crippen molar-refractivity contribution < 1.29 is 0 Å². The predicted molar refractivity (Wildman–Crippen MR) is 80.0 cm³/mol. The van der Waals surface area contributed by atoms with Gasteiger partial charge in [0.25, 0.3) is 0 Å². The number of aryl methyl sites for hydroxylation is 1. The third kappa shape index (κ3) is 2.72. The number of anilines is 1. The van der Waals surface area contributed by atoms with Gasteiger partial charge in [-0.05, 0) is 24.1 Å². The van der Waals surface area contributed by atoms with E-state index in [-0.39, 0.29) is 0 Å². The summed E-state index contributed by atoms with van der Waals surface area (Å²) in [6.07, 6.45) is 0. The van der Waals surface area contributed by atoms with Crippen LogP contribution in [0.4, 0.5) is 5.69 Å². The Kier molecular flexibility index (Phi) is 4.02. The van der Waals surface area contributed by atoms with Crippen molar-refractivity contribution in [1.29, 1.82) is 0 Å². The average molecular weight is 326 g/mol. The molecule has 0 unspecified atom stereocenters. The van der Waals surface area contributed by atoms with Gasteiger partial charge in [0, 0.05) is 16.4 Å². The summed E-state index contributed by atoms with van der Waals surface area (Å²) in [6.45, 7) is 4.21. The van der Waals surface area contributed by atoms with Gasteiger partial charge in [0.15, 0.2) is 0 Å². The molecule has 0 bridgehead atoms.